The van der Waals surface area contributed by atoms with Gasteiger partial charge in [0.1, 0.15) is 0 Å². The molecule has 2 heterocycles. The quantitative estimate of drug-likeness (QED) is 0.864. The summed E-state index contributed by atoms with van der Waals surface area (Å²) in [5.41, 5.74) is 1.10. The van der Waals surface area contributed by atoms with Gasteiger partial charge in [0.25, 0.3) is 0 Å². The van der Waals surface area contributed by atoms with Gasteiger partial charge in [0.2, 0.25) is 5.91 Å². The van der Waals surface area contributed by atoms with Crippen molar-refractivity contribution in [1.29, 1.82) is 0 Å². The number of carbonyl (C=O) groups excluding carboxylic acids is 1. The van der Waals surface area contributed by atoms with Crippen LogP contribution in [0.5, 0.6) is 0 Å². The molecule has 1 fully saturated rings. The minimum atomic E-state index is 0.221. The summed E-state index contributed by atoms with van der Waals surface area (Å²) in [4.78, 5) is 14.0. The number of hydrogen-bond donors (Lipinski definition) is 1. The van der Waals surface area contributed by atoms with E-state index >= 15 is 0 Å². The fraction of sp³-hybridized carbons (Fsp3) is 0.692. The second-order valence-electron chi connectivity index (χ2n) is 4.84. The molecule has 1 aromatic rings. The highest BCUT2D eigenvalue weighted by molar-refractivity contribution is 5.78. The lowest BCUT2D eigenvalue weighted by molar-refractivity contribution is -0.130. The molecule has 1 amide bonds. The molecular formula is C13H22N4O. The second kappa shape index (κ2) is 6.54. The second-order valence-corrected chi connectivity index (χ2v) is 4.84. The van der Waals surface area contributed by atoms with Gasteiger partial charge in [-0.15, -0.1) is 0 Å². The van der Waals surface area contributed by atoms with E-state index in [2.05, 4.69) is 10.4 Å². The van der Waals surface area contributed by atoms with Gasteiger partial charge < -0.3 is 10.2 Å². The lowest BCUT2D eigenvalue weighted by atomic mass is 10.2. The Morgan fingerprint density at radius 2 is 2.06 bits per heavy atom. The number of nitrogens with zero attached hydrogens (tertiary/aromatic N) is 3. The molecule has 0 atom stereocenters. The summed E-state index contributed by atoms with van der Waals surface area (Å²) < 4.78 is 1.82. The van der Waals surface area contributed by atoms with Gasteiger partial charge in [-0.2, -0.15) is 5.10 Å². The molecular weight excluding hydrogens is 228 g/mol. The van der Waals surface area contributed by atoms with Crippen molar-refractivity contribution in [1.82, 2.24) is 20.0 Å². The first kappa shape index (κ1) is 13.1. The van der Waals surface area contributed by atoms with E-state index in [1.807, 2.05) is 22.7 Å². The number of aromatic nitrogens is 2. The van der Waals surface area contributed by atoms with Crippen LogP contribution in [0.2, 0.25) is 0 Å². The molecule has 1 aliphatic heterocycles. The van der Waals surface area contributed by atoms with Gasteiger partial charge in [-0.3, -0.25) is 9.48 Å². The van der Waals surface area contributed by atoms with Gasteiger partial charge in [0, 0.05) is 32.9 Å². The van der Waals surface area contributed by atoms with Crippen molar-refractivity contribution in [2.45, 2.75) is 32.2 Å². The maximum absolute atomic E-state index is 12.0. The largest absolute Gasteiger partial charge is 0.342 e. The van der Waals surface area contributed by atoms with Crippen molar-refractivity contribution in [2.24, 2.45) is 7.05 Å². The van der Waals surface area contributed by atoms with Crippen LogP contribution in [0.25, 0.3) is 0 Å². The van der Waals surface area contributed by atoms with Crippen LogP contribution < -0.4 is 5.32 Å². The molecule has 1 N–H and O–H groups in total. The third-order valence-corrected chi connectivity index (χ3v) is 3.46. The monoisotopic (exact) mass is 250 g/mol. The standard InChI is InChI=1S/C13H22N4O/c1-16-12(6-7-15-16)10-14-11-13(18)17-8-4-2-3-5-9-17/h6-7,14H,2-5,8-11H2,1H3. The molecule has 1 aromatic heterocycles. The number of aryl methyl sites for hydroxylation is 1. The highest BCUT2D eigenvalue weighted by atomic mass is 16.2. The molecule has 1 aliphatic rings. The minimum absolute atomic E-state index is 0.221. The smallest absolute Gasteiger partial charge is 0.236 e. The summed E-state index contributed by atoms with van der Waals surface area (Å²) >= 11 is 0. The summed E-state index contributed by atoms with van der Waals surface area (Å²) in [7, 11) is 1.91. The predicted octanol–water partition coefficient (Wildman–Crippen LogP) is 0.912. The number of hydrogen-bond acceptors (Lipinski definition) is 3. The zero-order valence-electron chi connectivity index (χ0n) is 11.1. The van der Waals surface area contributed by atoms with E-state index in [9.17, 15) is 4.79 Å². The highest BCUT2D eigenvalue weighted by Crippen LogP contribution is 2.09. The Hall–Kier alpha value is -1.36. The maximum atomic E-state index is 12.0. The lowest BCUT2D eigenvalue weighted by Crippen LogP contribution is -2.38. The van der Waals surface area contributed by atoms with Crippen molar-refractivity contribution in [3.63, 3.8) is 0 Å². The zero-order chi connectivity index (χ0) is 12.8. The van der Waals surface area contributed by atoms with Crippen LogP contribution in [0.4, 0.5) is 0 Å². The van der Waals surface area contributed by atoms with E-state index in [1.165, 1.54) is 12.8 Å². The molecule has 18 heavy (non-hydrogen) atoms. The van der Waals surface area contributed by atoms with E-state index in [0.717, 1.165) is 31.6 Å². The Morgan fingerprint density at radius 3 is 2.67 bits per heavy atom. The number of likely N-dealkylation sites (tertiary alicyclic amines) is 1. The lowest BCUT2D eigenvalue weighted by Gasteiger charge is -2.20. The fourth-order valence-electron chi connectivity index (χ4n) is 2.30. The SMILES string of the molecule is Cn1nccc1CNCC(=O)N1CCCCCC1. The van der Waals surface area contributed by atoms with Crippen molar-refractivity contribution in [2.75, 3.05) is 19.6 Å². The van der Waals surface area contributed by atoms with Gasteiger partial charge in [-0.25, -0.2) is 0 Å². The highest BCUT2D eigenvalue weighted by Gasteiger charge is 2.14. The Labute approximate surface area is 108 Å². The summed E-state index contributed by atoms with van der Waals surface area (Å²) in [6.07, 6.45) is 6.58. The van der Waals surface area contributed by atoms with Gasteiger partial charge in [-0.05, 0) is 18.9 Å². The van der Waals surface area contributed by atoms with Gasteiger partial charge in [0.15, 0.2) is 0 Å². The average molecular weight is 250 g/mol. The molecule has 0 unspecified atom stereocenters. The van der Waals surface area contributed by atoms with E-state index in [1.54, 1.807) is 6.20 Å². The summed E-state index contributed by atoms with van der Waals surface area (Å²) in [6.45, 7) is 2.96. The molecule has 0 saturated carbocycles. The van der Waals surface area contributed by atoms with Crippen LogP contribution in [0.3, 0.4) is 0 Å². The van der Waals surface area contributed by atoms with Crippen LogP contribution in [-0.4, -0.2) is 40.2 Å². The predicted molar refractivity (Wildman–Crippen MR) is 70.0 cm³/mol. The number of rotatable bonds is 4. The molecule has 5 nitrogen and oxygen atoms in total. The first-order valence-corrected chi connectivity index (χ1v) is 6.73. The van der Waals surface area contributed by atoms with Crippen LogP contribution in [0.15, 0.2) is 12.3 Å². The number of nitrogens with one attached hydrogen (secondary N) is 1. The minimum Gasteiger partial charge on any atom is -0.342 e. The molecule has 2 rings (SSSR count). The number of carbonyl (C=O) groups is 1. The summed E-state index contributed by atoms with van der Waals surface area (Å²) in [5.74, 6) is 0.221. The molecule has 0 radical (unpaired) electrons. The normalized spacial score (nSPS) is 16.6. The fourth-order valence-corrected chi connectivity index (χ4v) is 2.30. The van der Waals surface area contributed by atoms with Crippen LogP contribution in [-0.2, 0) is 18.4 Å². The zero-order valence-corrected chi connectivity index (χ0v) is 11.1. The van der Waals surface area contributed by atoms with E-state index in [4.69, 9.17) is 0 Å². The van der Waals surface area contributed by atoms with Crippen LogP contribution >= 0.6 is 0 Å². The molecule has 5 heteroatoms. The molecule has 0 aliphatic carbocycles. The molecule has 100 valence electrons. The van der Waals surface area contributed by atoms with Crippen LogP contribution in [0.1, 0.15) is 31.4 Å². The Morgan fingerprint density at radius 1 is 1.33 bits per heavy atom. The first-order valence-electron chi connectivity index (χ1n) is 6.73. The Kier molecular flexibility index (Phi) is 4.75. The third kappa shape index (κ3) is 3.57. The van der Waals surface area contributed by atoms with Crippen LogP contribution in [0, 0.1) is 0 Å². The van der Waals surface area contributed by atoms with E-state index < -0.39 is 0 Å². The van der Waals surface area contributed by atoms with E-state index in [0.29, 0.717) is 13.1 Å². The first-order chi connectivity index (χ1) is 8.77. The summed E-state index contributed by atoms with van der Waals surface area (Å²) in [5, 5.41) is 7.29. The van der Waals surface area contributed by atoms with Gasteiger partial charge in [0.05, 0.1) is 12.2 Å². The molecule has 0 aromatic carbocycles. The number of amides is 1. The Balaban J connectivity index is 1.72. The van der Waals surface area contributed by atoms with Crippen molar-refractivity contribution >= 4 is 5.91 Å². The maximum Gasteiger partial charge on any atom is 0.236 e. The molecule has 1 saturated heterocycles. The average Bonchev–Trinajstić information content (AvgIpc) is 2.64. The third-order valence-electron chi connectivity index (χ3n) is 3.46. The van der Waals surface area contributed by atoms with Crippen molar-refractivity contribution < 1.29 is 4.79 Å². The van der Waals surface area contributed by atoms with Crippen molar-refractivity contribution in [3.8, 4) is 0 Å². The topological polar surface area (TPSA) is 50.2 Å². The van der Waals surface area contributed by atoms with Crippen molar-refractivity contribution in [3.05, 3.63) is 18.0 Å². The molecule has 0 spiro atoms. The van der Waals surface area contributed by atoms with E-state index in [-0.39, 0.29) is 5.91 Å². The van der Waals surface area contributed by atoms with Gasteiger partial charge >= 0.3 is 0 Å². The summed E-state index contributed by atoms with van der Waals surface area (Å²) in [6, 6.07) is 1.96. The Bertz CT molecular complexity index is 380. The van der Waals surface area contributed by atoms with Gasteiger partial charge in [-0.1, -0.05) is 12.8 Å². The molecule has 0 bridgehead atoms.